The molecule has 0 fully saturated rings. The first kappa shape index (κ1) is 13.8. The van der Waals surface area contributed by atoms with Crippen LogP contribution in [-0.2, 0) is 7.05 Å². The van der Waals surface area contributed by atoms with Gasteiger partial charge in [0, 0.05) is 30.4 Å². The third-order valence-corrected chi connectivity index (χ3v) is 3.62. The summed E-state index contributed by atoms with van der Waals surface area (Å²) in [6, 6.07) is 10.7. The van der Waals surface area contributed by atoms with Gasteiger partial charge in [-0.15, -0.1) is 0 Å². The zero-order valence-electron chi connectivity index (χ0n) is 12.5. The minimum absolute atomic E-state index is 0.170. The molecule has 0 spiro atoms. The highest BCUT2D eigenvalue weighted by atomic mass is 15.2. The molecule has 4 heteroatoms. The van der Waals surface area contributed by atoms with Crippen LogP contribution in [0.15, 0.2) is 48.9 Å². The first-order valence-electron chi connectivity index (χ1n) is 7.34. The molecule has 0 bridgehead atoms. The highest BCUT2D eigenvalue weighted by Gasteiger charge is 2.15. The van der Waals surface area contributed by atoms with E-state index in [0.717, 1.165) is 18.5 Å². The predicted octanol–water partition coefficient (Wildman–Crippen LogP) is 3.06. The molecule has 0 radical (unpaired) electrons. The molecule has 108 valence electrons. The summed E-state index contributed by atoms with van der Waals surface area (Å²) in [4.78, 5) is 4.38. The fraction of sp³-hybridized carbons (Fsp3) is 0.294. The molecule has 21 heavy (non-hydrogen) atoms. The number of benzene rings is 1. The molecular weight excluding hydrogens is 260 g/mol. The molecule has 0 aliphatic rings. The van der Waals surface area contributed by atoms with Crippen molar-refractivity contribution < 1.29 is 0 Å². The number of nitrogens with zero attached hydrogens (tertiary/aromatic N) is 3. The number of fused-ring (bicyclic) bond motifs is 1. The average Bonchev–Trinajstić information content (AvgIpc) is 2.94. The summed E-state index contributed by atoms with van der Waals surface area (Å²) < 4.78 is 1.85. The molecule has 0 aliphatic heterocycles. The SMILES string of the molecule is CCCNC(c1ccc2ncccc2c1)c1cnn(C)c1. The summed E-state index contributed by atoms with van der Waals surface area (Å²) in [5, 5.41) is 9.07. The Labute approximate surface area is 124 Å². The summed E-state index contributed by atoms with van der Waals surface area (Å²) >= 11 is 0. The first-order valence-corrected chi connectivity index (χ1v) is 7.34. The van der Waals surface area contributed by atoms with Gasteiger partial charge in [-0.1, -0.05) is 19.1 Å². The molecule has 3 aromatic rings. The van der Waals surface area contributed by atoms with E-state index in [-0.39, 0.29) is 6.04 Å². The van der Waals surface area contributed by atoms with Gasteiger partial charge in [-0.25, -0.2) is 0 Å². The van der Waals surface area contributed by atoms with Gasteiger partial charge in [0.25, 0.3) is 0 Å². The van der Waals surface area contributed by atoms with Crippen LogP contribution in [0.4, 0.5) is 0 Å². The number of hydrogen-bond acceptors (Lipinski definition) is 3. The number of rotatable bonds is 5. The summed E-state index contributed by atoms with van der Waals surface area (Å²) in [5.41, 5.74) is 3.47. The van der Waals surface area contributed by atoms with Crippen molar-refractivity contribution in [3.63, 3.8) is 0 Å². The molecule has 1 aromatic carbocycles. The summed E-state index contributed by atoms with van der Waals surface area (Å²) in [6.07, 6.45) is 6.93. The van der Waals surface area contributed by atoms with Crippen molar-refractivity contribution in [3.8, 4) is 0 Å². The largest absolute Gasteiger partial charge is 0.306 e. The van der Waals surface area contributed by atoms with Crippen LogP contribution >= 0.6 is 0 Å². The van der Waals surface area contributed by atoms with E-state index in [4.69, 9.17) is 0 Å². The maximum Gasteiger partial charge on any atom is 0.0702 e. The average molecular weight is 280 g/mol. The molecule has 1 N–H and O–H groups in total. The number of pyridine rings is 1. The lowest BCUT2D eigenvalue weighted by Crippen LogP contribution is -2.22. The number of nitrogens with one attached hydrogen (secondary N) is 1. The van der Waals surface area contributed by atoms with Crippen LogP contribution in [-0.4, -0.2) is 21.3 Å². The normalized spacial score (nSPS) is 12.7. The first-order chi connectivity index (χ1) is 10.3. The van der Waals surface area contributed by atoms with E-state index in [0.29, 0.717) is 0 Å². The zero-order chi connectivity index (χ0) is 14.7. The second-order valence-electron chi connectivity index (χ2n) is 5.29. The number of aryl methyl sites for hydroxylation is 1. The number of aromatic nitrogens is 3. The van der Waals surface area contributed by atoms with Crippen molar-refractivity contribution in [2.45, 2.75) is 19.4 Å². The van der Waals surface area contributed by atoms with Gasteiger partial charge in [0.2, 0.25) is 0 Å². The van der Waals surface area contributed by atoms with Gasteiger partial charge < -0.3 is 5.32 Å². The maximum atomic E-state index is 4.38. The Morgan fingerprint density at radius 1 is 1.24 bits per heavy atom. The third-order valence-electron chi connectivity index (χ3n) is 3.62. The minimum Gasteiger partial charge on any atom is -0.306 e. The highest BCUT2D eigenvalue weighted by molar-refractivity contribution is 5.79. The van der Waals surface area contributed by atoms with Crippen molar-refractivity contribution in [3.05, 3.63) is 60.0 Å². The molecule has 0 saturated carbocycles. The fourth-order valence-corrected chi connectivity index (χ4v) is 2.58. The quantitative estimate of drug-likeness (QED) is 0.781. The second-order valence-corrected chi connectivity index (χ2v) is 5.29. The molecule has 2 aromatic heterocycles. The van der Waals surface area contributed by atoms with Crippen molar-refractivity contribution in [2.75, 3.05) is 6.54 Å². The van der Waals surface area contributed by atoms with Gasteiger partial charge in [0.1, 0.15) is 0 Å². The molecule has 4 nitrogen and oxygen atoms in total. The van der Waals surface area contributed by atoms with Crippen LogP contribution < -0.4 is 5.32 Å². The van der Waals surface area contributed by atoms with E-state index in [1.807, 2.05) is 30.2 Å². The van der Waals surface area contributed by atoms with Gasteiger partial charge in [-0.05, 0) is 36.7 Å². The Kier molecular flexibility index (Phi) is 3.97. The van der Waals surface area contributed by atoms with Crippen LogP contribution in [0, 0.1) is 0 Å². The molecular formula is C17H20N4. The summed E-state index contributed by atoms with van der Waals surface area (Å²) in [5.74, 6) is 0. The maximum absolute atomic E-state index is 4.38. The predicted molar refractivity (Wildman–Crippen MR) is 85.1 cm³/mol. The third kappa shape index (κ3) is 2.95. The lowest BCUT2D eigenvalue weighted by Gasteiger charge is -2.18. The van der Waals surface area contributed by atoms with E-state index in [2.05, 4.69) is 52.8 Å². The Morgan fingerprint density at radius 2 is 2.14 bits per heavy atom. The van der Waals surface area contributed by atoms with Gasteiger partial charge >= 0.3 is 0 Å². The van der Waals surface area contributed by atoms with E-state index in [1.165, 1.54) is 16.5 Å². The van der Waals surface area contributed by atoms with E-state index in [1.54, 1.807) is 0 Å². The molecule has 0 amide bonds. The summed E-state index contributed by atoms with van der Waals surface area (Å²) in [6.45, 7) is 3.16. The standard InChI is InChI=1S/C17H20N4/c1-3-8-19-17(15-11-20-21(2)12-15)14-6-7-16-13(10-14)5-4-9-18-16/h4-7,9-12,17,19H,3,8H2,1-2H3. The van der Waals surface area contributed by atoms with Crippen LogP contribution in [0.3, 0.4) is 0 Å². The van der Waals surface area contributed by atoms with Crippen molar-refractivity contribution in [1.82, 2.24) is 20.1 Å². The molecule has 1 atom stereocenters. The Balaban J connectivity index is 2.00. The van der Waals surface area contributed by atoms with Crippen LogP contribution in [0.5, 0.6) is 0 Å². The minimum atomic E-state index is 0.170. The molecule has 0 saturated heterocycles. The zero-order valence-corrected chi connectivity index (χ0v) is 12.5. The van der Waals surface area contributed by atoms with Crippen molar-refractivity contribution in [2.24, 2.45) is 7.05 Å². The lowest BCUT2D eigenvalue weighted by atomic mass is 9.99. The van der Waals surface area contributed by atoms with E-state index in [9.17, 15) is 0 Å². The monoisotopic (exact) mass is 280 g/mol. The van der Waals surface area contributed by atoms with E-state index < -0.39 is 0 Å². The fourth-order valence-electron chi connectivity index (χ4n) is 2.58. The molecule has 3 rings (SSSR count). The van der Waals surface area contributed by atoms with E-state index >= 15 is 0 Å². The van der Waals surface area contributed by atoms with Gasteiger partial charge in [-0.2, -0.15) is 5.10 Å². The smallest absolute Gasteiger partial charge is 0.0702 e. The molecule has 2 heterocycles. The topological polar surface area (TPSA) is 42.7 Å². The Morgan fingerprint density at radius 3 is 2.90 bits per heavy atom. The van der Waals surface area contributed by atoms with Gasteiger partial charge in [0.15, 0.2) is 0 Å². The Hall–Kier alpha value is -2.20. The summed E-state index contributed by atoms with van der Waals surface area (Å²) in [7, 11) is 1.95. The van der Waals surface area contributed by atoms with Gasteiger partial charge in [0.05, 0.1) is 17.8 Å². The lowest BCUT2D eigenvalue weighted by molar-refractivity contribution is 0.598. The van der Waals surface area contributed by atoms with Crippen LogP contribution in [0.25, 0.3) is 10.9 Å². The number of hydrogen-bond donors (Lipinski definition) is 1. The van der Waals surface area contributed by atoms with Crippen LogP contribution in [0.1, 0.15) is 30.5 Å². The van der Waals surface area contributed by atoms with Crippen molar-refractivity contribution in [1.29, 1.82) is 0 Å². The molecule has 0 aliphatic carbocycles. The second kappa shape index (κ2) is 6.06. The highest BCUT2D eigenvalue weighted by Crippen LogP contribution is 2.24. The molecule has 1 unspecified atom stereocenters. The Bertz CT molecular complexity index is 732. The van der Waals surface area contributed by atoms with Crippen molar-refractivity contribution >= 4 is 10.9 Å². The van der Waals surface area contributed by atoms with Crippen LogP contribution in [0.2, 0.25) is 0 Å². The van der Waals surface area contributed by atoms with Gasteiger partial charge in [-0.3, -0.25) is 9.67 Å².